The van der Waals surface area contributed by atoms with Crippen molar-refractivity contribution in [1.82, 2.24) is 15.6 Å². The second-order valence-electron chi connectivity index (χ2n) is 9.33. The second-order valence-corrected chi connectivity index (χ2v) is 9.74. The molecule has 0 atom stereocenters. The van der Waals surface area contributed by atoms with Crippen molar-refractivity contribution in [1.29, 1.82) is 0 Å². The third-order valence-electron chi connectivity index (χ3n) is 6.57. The summed E-state index contributed by atoms with van der Waals surface area (Å²) in [5.74, 6) is -0.0250. The Hall–Kier alpha value is -3.31. The average Bonchev–Trinajstić information content (AvgIpc) is 2.92. The van der Waals surface area contributed by atoms with Crippen LogP contribution < -0.4 is 20.2 Å². The maximum Gasteiger partial charge on any atom is 0.419 e. The third-order valence-corrected chi connectivity index (χ3v) is 6.87. The lowest BCUT2D eigenvalue weighted by Crippen LogP contribution is -2.46. The van der Waals surface area contributed by atoms with E-state index in [4.69, 9.17) is 21.1 Å². The summed E-state index contributed by atoms with van der Waals surface area (Å²) in [6, 6.07) is 10.6. The predicted molar refractivity (Wildman–Crippen MR) is 140 cm³/mol. The van der Waals surface area contributed by atoms with Crippen molar-refractivity contribution in [2.75, 3.05) is 32.8 Å². The number of ether oxygens (including phenoxy) is 2. The number of hydrogen-bond donors (Lipinski definition) is 2. The summed E-state index contributed by atoms with van der Waals surface area (Å²) in [7, 11) is 0. The molecule has 4 rings (SSSR count). The summed E-state index contributed by atoms with van der Waals surface area (Å²) in [6.45, 7) is 1.79. The van der Waals surface area contributed by atoms with E-state index in [1.54, 1.807) is 23.1 Å². The maximum atomic E-state index is 13.0. The lowest BCUT2D eigenvalue weighted by Gasteiger charge is -2.32. The lowest BCUT2D eigenvalue weighted by atomic mass is 10.0. The van der Waals surface area contributed by atoms with E-state index < -0.39 is 11.7 Å². The molecule has 0 spiro atoms. The van der Waals surface area contributed by atoms with Crippen LogP contribution in [-0.2, 0) is 15.8 Å². The van der Waals surface area contributed by atoms with Crippen LogP contribution in [0.25, 0.3) is 0 Å². The number of benzene rings is 2. The van der Waals surface area contributed by atoms with E-state index in [1.807, 2.05) is 0 Å². The molecule has 12 heteroatoms. The average molecular weight is 567 g/mol. The minimum absolute atomic E-state index is 0.123. The van der Waals surface area contributed by atoms with Crippen LogP contribution in [0, 0.1) is 0 Å². The van der Waals surface area contributed by atoms with Gasteiger partial charge in [0.05, 0.1) is 22.9 Å². The molecule has 0 aromatic heterocycles. The fraction of sp³-hybridized carbons (Fsp3) is 0.444. The van der Waals surface area contributed by atoms with Gasteiger partial charge >= 0.3 is 6.18 Å². The molecule has 1 saturated heterocycles. The highest BCUT2D eigenvalue weighted by Gasteiger charge is 2.34. The highest BCUT2D eigenvalue weighted by Crippen LogP contribution is 2.36. The van der Waals surface area contributed by atoms with Crippen molar-refractivity contribution in [3.8, 4) is 11.5 Å². The number of halogens is 4. The Morgan fingerprint density at radius 1 is 1.10 bits per heavy atom. The monoisotopic (exact) mass is 566 g/mol. The van der Waals surface area contributed by atoms with Crippen LogP contribution in [0.5, 0.6) is 11.5 Å². The van der Waals surface area contributed by atoms with Crippen molar-refractivity contribution in [2.24, 2.45) is 5.10 Å². The first kappa shape index (κ1) is 28.7. The molecule has 2 aliphatic rings. The van der Waals surface area contributed by atoms with Gasteiger partial charge in [-0.3, -0.25) is 9.59 Å². The van der Waals surface area contributed by atoms with Crippen LogP contribution in [0.15, 0.2) is 47.6 Å². The van der Waals surface area contributed by atoms with E-state index in [-0.39, 0.29) is 36.8 Å². The number of carbonyl (C=O) groups excluding carboxylic acids is 2. The largest absolute Gasteiger partial charge is 0.493 e. The zero-order valence-corrected chi connectivity index (χ0v) is 22.0. The van der Waals surface area contributed by atoms with E-state index in [1.165, 1.54) is 18.2 Å². The first-order valence-corrected chi connectivity index (χ1v) is 13.2. The second kappa shape index (κ2) is 13.2. The molecule has 8 nitrogen and oxygen atoms in total. The van der Waals surface area contributed by atoms with Crippen LogP contribution in [0.1, 0.15) is 43.2 Å². The van der Waals surface area contributed by atoms with Gasteiger partial charge in [0.1, 0.15) is 11.5 Å². The quantitative estimate of drug-likeness (QED) is 0.416. The standard InChI is InChI=1S/C27H30ClF3N4O4/c28-21-16-18(22-7-9-25(36)34-33-22)6-8-24(21)39-17-26(37)35-13-10-19(11-14-35)32-12-3-15-38-23-5-2-1-4-20(23)27(29,30)31/h1-2,4-6,8,16,19,32H,3,7,9-15,17H2,(H,34,36). The molecular weight excluding hydrogens is 537 g/mol. The lowest BCUT2D eigenvalue weighted by molar-refractivity contribution is -0.139. The molecule has 0 bridgehead atoms. The van der Waals surface area contributed by atoms with Gasteiger partial charge in [-0.2, -0.15) is 18.3 Å². The molecular formula is C27H30ClF3N4O4. The van der Waals surface area contributed by atoms with Crippen LogP contribution in [0.4, 0.5) is 13.2 Å². The highest BCUT2D eigenvalue weighted by atomic mass is 35.5. The number of hydrogen-bond acceptors (Lipinski definition) is 6. The van der Waals surface area contributed by atoms with Gasteiger partial charge in [0.15, 0.2) is 6.61 Å². The predicted octanol–water partition coefficient (Wildman–Crippen LogP) is 4.40. The van der Waals surface area contributed by atoms with Gasteiger partial charge in [0.2, 0.25) is 5.91 Å². The number of hydrazone groups is 1. The summed E-state index contributed by atoms with van der Waals surface area (Å²) in [4.78, 5) is 25.7. The summed E-state index contributed by atoms with van der Waals surface area (Å²) >= 11 is 6.34. The normalized spacial score (nSPS) is 16.5. The molecule has 1 fully saturated rings. The molecule has 2 aromatic carbocycles. The van der Waals surface area contributed by atoms with Gasteiger partial charge in [-0.1, -0.05) is 23.7 Å². The number of alkyl halides is 3. The smallest absolute Gasteiger partial charge is 0.419 e. The van der Waals surface area contributed by atoms with Crippen molar-refractivity contribution >= 4 is 29.1 Å². The highest BCUT2D eigenvalue weighted by molar-refractivity contribution is 6.32. The van der Waals surface area contributed by atoms with Crippen LogP contribution >= 0.6 is 11.6 Å². The summed E-state index contributed by atoms with van der Waals surface area (Å²) in [5.41, 5.74) is 3.19. The van der Waals surface area contributed by atoms with Crippen LogP contribution in [0.3, 0.4) is 0 Å². The Balaban J connectivity index is 1.13. The number of rotatable bonds is 10. The molecule has 0 saturated carbocycles. The number of para-hydroxylation sites is 1. The molecule has 0 aliphatic carbocycles. The first-order chi connectivity index (χ1) is 18.7. The zero-order chi connectivity index (χ0) is 27.8. The van der Waals surface area contributed by atoms with Gasteiger partial charge in [-0.15, -0.1) is 0 Å². The minimum atomic E-state index is -4.45. The van der Waals surface area contributed by atoms with Gasteiger partial charge in [-0.25, -0.2) is 5.43 Å². The molecule has 2 heterocycles. The Labute approximate surface area is 229 Å². The van der Waals surface area contributed by atoms with E-state index in [0.717, 1.165) is 30.2 Å². The fourth-order valence-electron chi connectivity index (χ4n) is 4.43. The fourth-order valence-corrected chi connectivity index (χ4v) is 4.67. The summed E-state index contributed by atoms with van der Waals surface area (Å²) < 4.78 is 50.2. The number of amides is 2. The van der Waals surface area contributed by atoms with Gasteiger partial charge in [-0.05, 0) is 61.7 Å². The zero-order valence-electron chi connectivity index (χ0n) is 21.2. The van der Waals surface area contributed by atoms with E-state index in [0.29, 0.717) is 49.7 Å². The Morgan fingerprint density at radius 2 is 1.87 bits per heavy atom. The number of piperidine rings is 1. The molecule has 2 amide bonds. The molecule has 2 aromatic rings. The van der Waals surface area contributed by atoms with Crippen molar-refractivity contribution in [3.05, 3.63) is 58.6 Å². The molecule has 39 heavy (non-hydrogen) atoms. The molecule has 2 N–H and O–H groups in total. The Kier molecular flexibility index (Phi) is 9.68. The summed E-state index contributed by atoms with van der Waals surface area (Å²) in [5, 5.41) is 7.80. The van der Waals surface area contributed by atoms with Gasteiger partial charge in [0.25, 0.3) is 5.91 Å². The van der Waals surface area contributed by atoms with Crippen LogP contribution in [0.2, 0.25) is 5.02 Å². The summed E-state index contributed by atoms with van der Waals surface area (Å²) in [6.07, 6.45) is -1.48. The first-order valence-electron chi connectivity index (χ1n) is 12.8. The number of likely N-dealkylation sites (tertiary alicyclic amines) is 1. The number of nitrogens with one attached hydrogen (secondary N) is 2. The number of carbonyl (C=O) groups is 2. The Bertz CT molecular complexity index is 1200. The van der Waals surface area contributed by atoms with Crippen molar-refractivity contribution in [2.45, 2.75) is 44.3 Å². The minimum Gasteiger partial charge on any atom is -0.493 e. The molecule has 0 unspecified atom stereocenters. The molecule has 0 radical (unpaired) electrons. The topological polar surface area (TPSA) is 92.3 Å². The Morgan fingerprint density at radius 3 is 2.56 bits per heavy atom. The van der Waals surface area contributed by atoms with E-state index in [2.05, 4.69) is 15.8 Å². The van der Waals surface area contributed by atoms with Crippen molar-refractivity contribution < 1.29 is 32.2 Å². The van der Waals surface area contributed by atoms with Crippen LogP contribution in [-0.4, -0.2) is 61.3 Å². The van der Waals surface area contributed by atoms with Crippen molar-refractivity contribution in [3.63, 3.8) is 0 Å². The number of nitrogens with zero attached hydrogens (tertiary/aromatic N) is 2. The van der Waals surface area contributed by atoms with Gasteiger partial charge < -0.3 is 19.7 Å². The molecule has 210 valence electrons. The van der Waals surface area contributed by atoms with Gasteiger partial charge in [0, 0.05) is 32.0 Å². The SMILES string of the molecule is O=C1CCC(c2ccc(OCC(=O)N3CCC(NCCCOc4ccccc4C(F)(F)F)CC3)c(Cl)c2)=NN1. The maximum absolute atomic E-state index is 13.0. The third kappa shape index (κ3) is 8.09. The van der Waals surface area contributed by atoms with E-state index >= 15 is 0 Å². The van der Waals surface area contributed by atoms with E-state index in [9.17, 15) is 22.8 Å². The molecule has 2 aliphatic heterocycles.